The topological polar surface area (TPSA) is 92.3 Å². The van der Waals surface area contributed by atoms with Crippen LogP contribution < -0.4 is 10.6 Å². The summed E-state index contributed by atoms with van der Waals surface area (Å²) in [4.78, 5) is 24.9. The van der Waals surface area contributed by atoms with Crippen molar-refractivity contribution in [2.24, 2.45) is 0 Å². The lowest BCUT2D eigenvalue weighted by Gasteiger charge is -2.12. The van der Waals surface area contributed by atoms with Gasteiger partial charge in [-0.15, -0.1) is 0 Å². The number of amides is 2. The fourth-order valence-corrected chi connectivity index (χ4v) is 4.01. The Hall–Kier alpha value is -3.16. The van der Waals surface area contributed by atoms with Gasteiger partial charge in [-0.3, -0.25) is 9.59 Å². The minimum atomic E-state index is -3.85. The lowest BCUT2D eigenvalue weighted by molar-refractivity contribution is -0.113. The van der Waals surface area contributed by atoms with Gasteiger partial charge in [-0.2, -0.15) is 0 Å². The molecule has 0 radical (unpaired) electrons. The van der Waals surface area contributed by atoms with Crippen molar-refractivity contribution in [2.75, 3.05) is 11.1 Å². The van der Waals surface area contributed by atoms with Gasteiger partial charge in [0.05, 0.1) is 16.1 Å². The van der Waals surface area contributed by atoms with Crippen LogP contribution in [0.15, 0.2) is 83.8 Å². The summed E-state index contributed by atoms with van der Waals surface area (Å²) in [5, 5.41) is 5.71. The number of sulfone groups is 1. The molecule has 0 fully saturated rings. The standard InChI is InChI=1S/C22H19ClN2O4S/c23-17-10-12-18(13-11-17)30(28,29)15-21(26)25-20-9-5-4-8-19(20)22(27)24-14-16-6-2-1-3-7-16/h1-13H,14-15H2,(H,24,27)(H,25,26). The smallest absolute Gasteiger partial charge is 0.253 e. The van der Waals surface area contributed by atoms with E-state index in [1.165, 1.54) is 24.3 Å². The van der Waals surface area contributed by atoms with Crippen LogP contribution in [-0.4, -0.2) is 26.0 Å². The predicted molar refractivity (Wildman–Crippen MR) is 116 cm³/mol. The quantitative estimate of drug-likeness (QED) is 0.583. The molecule has 0 unspecified atom stereocenters. The maximum Gasteiger partial charge on any atom is 0.253 e. The Morgan fingerprint density at radius 2 is 1.47 bits per heavy atom. The Bertz CT molecular complexity index is 1150. The Balaban J connectivity index is 1.68. The highest BCUT2D eigenvalue weighted by Gasteiger charge is 2.21. The van der Waals surface area contributed by atoms with Gasteiger partial charge in [0.25, 0.3) is 5.91 Å². The number of benzene rings is 3. The first kappa shape index (κ1) is 21.5. The lowest BCUT2D eigenvalue weighted by atomic mass is 10.1. The highest BCUT2D eigenvalue weighted by Crippen LogP contribution is 2.18. The van der Waals surface area contributed by atoms with Gasteiger partial charge in [0, 0.05) is 11.6 Å². The van der Waals surface area contributed by atoms with Gasteiger partial charge in [-0.05, 0) is 42.0 Å². The van der Waals surface area contributed by atoms with Crippen LogP contribution in [0.5, 0.6) is 0 Å². The van der Waals surface area contributed by atoms with Crippen LogP contribution in [0.4, 0.5) is 5.69 Å². The lowest BCUT2D eigenvalue weighted by Crippen LogP contribution is -2.27. The van der Waals surface area contributed by atoms with Gasteiger partial charge < -0.3 is 10.6 Å². The molecule has 0 spiro atoms. The third-order valence-corrected chi connectivity index (χ3v) is 6.12. The van der Waals surface area contributed by atoms with E-state index in [1.807, 2.05) is 30.3 Å². The first-order chi connectivity index (χ1) is 14.3. The maximum atomic E-state index is 12.6. The summed E-state index contributed by atoms with van der Waals surface area (Å²) in [6, 6.07) is 21.4. The summed E-state index contributed by atoms with van der Waals surface area (Å²) in [6.45, 7) is 0.326. The van der Waals surface area contributed by atoms with Crippen molar-refractivity contribution in [1.29, 1.82) is 0 Å². The molecule has 3 aromatic rings. The fraction of sp³-hybridized carbons (Fsp3) is 0.0909. The van der Waals surface area contributed by atoms with Gasteiger partial charge in [-0.25, -0.2) is 8.42 Å². The average molecular weight is 443 g/mol. The Morgan fingerprint density at radius 1 is 0.833 bits per heavy atom. The van der Waals surface area contributed by atoms with Crippen molar-refractivity contribution in [3.63, 3.8) is 0 Å². The molecule has 3 rings (SSSR count). The van der Waals surface area contributed by atoms with Gasteiger partial charge in [-0.1, -0.05) is 54.1 Å². The van der Waals surface area contributed by atoms with Crippen LogP contribution in [0.3, 0.4) is 0 Å². The second kappa shape index (κ2) is 9.56. The van der Waals surface area contributed by atoms with Crippen LogP contribution in [0.25, 0.3) is 0 Å². The molecule has 0 aliphatic carbocycles. The molecule has 6 nitrogen and oxygen atoms in total. The molecule has 0 aliphatic rings. The van der Waals surface area contributed by atoms with E-state index >= 15 is 0 Å². The Kier molecular flexibility index (Phi) is 6.87. The SMILES string of the molecule is O=C(CS(=O)(=O)c1ccc(Cl)cc1)Nc1ccccc1C(=O)NCc1ccccc1. The summed E-state index contributed by atoms with van der Waals surface area (Å²) < 4.78 is 24.9. The van der Waals surface area contributed by atoms with E-state index in [0.29, 0.717) is 11.6 Å². The molecule has 0 saturated heterocycles. The molecule has 0 aromatic heterocycles. The third kappa shape index (κ3) is 5.68. The number of hydrogen-bond acceptors (Lipinski definition) is 4. The number of carbonyl (C=O) groups excluding carboxylic acids is 2. The first-order valence-corrected chi connectivity index (χ1v) is 11.1. The summed E-state index contributed by atoms with van der Waals surface area (Å²) in [5.41, 5.74) is 1.41. The van der Waals surface area contributed by atoms with Crippen molar-refractivity contribution >= 4 is 38.9 Å². The molecule has 0 atom stereocenters. The van der Waals surface area contributed by atoms with Gasteiger partial charge in [0.2, 0.25) is 5.91 Å². The molecule has 2 amide bonds. The van der Waals surface area contributed by atoms with E-state index in [2.05, 4.69) is 10.6 Å². The van der Waals surface area contributed by atoms with Crippen LogP contribution in [0, 0.1) is 0 Å². The molecule has 0 heterocycles. The summed E-state index contributed by atoms with van der Waals surface area (Å²) in [7, 11) is -3.85. The maximum absolute atomic E-state index is 12.6. The normalized spacial score (nSPS) is 11.0. The number of hydrogen-bond donors (Lipinski definition) is 2. The van der Waals surface area contributed by atoms with Crippen LogP contribution in [0.2, 0.25) is 5.02 Å². The number of carbonyl (C=O) groups is 2. The first-order valence-electron chi connectivity index (χ1n) is 9.04. The third-order valence-electron chi connectivity index (χ3n) is 4.24. The Labute approximate surface area is 179 Å². The zero-order valence-corrected chi connectivity index (χ0v) is 17.4. The molecule has 154 valence electrons. The van der Waals surface area contributed by atoms with Crippen molar-refractivity contribution in [3.05, 3.63) is 95.0 Å². The molecule has 0 saturated carbocycles. The molecule has 2 N–H and O–H groups in total. The second-order valence-electron chi connectivity index (χ2n) is 6.48. The van der Waals surface area contributed by atoms with E-state index in [1.54, 1.807) is 24.3 Å². The minimum absolute atomic E-state index is 0.00376. The van der Waals surface area contributed by atoms with E-state index in [9.17, 15) is 18.0 Å². The van der Waals surface area contributed by atoms with Gasteiger partial charge >= 0.3 is 0 Å². The summed E-state index contributed by atoms with van der Waals surface area (Å²) >= 11 is 5.77. The number of halogens is 1. The average Bonchev–Trinajstić information content (AvgIpc) is 2.73. The number of anilines is 1. The Morgan fingerprint density at radius 3 is 2.17 bits per heavy atom. The van der Waals surface area contributed by atoms with Crippen LogP contribution >= 0.6 is 11.6 Å². The molecule has 3 aromatic carbocycles. The molecule has 0 bridgehead atoms. The van der Waals surface area contributed by atoms with Crippen LogP contribution in [-0.2, 0) is 21.2 Å². The van der Waals surface area contributed by atoms with E-state index in [4.69, 9.17) is 11.6 Å². The highest BCUT2D eigenvalue weighted by atomic mass is 35.5. The molecular formula is C22H19ClN2O4S. The highest BCUT2D eigenvalue weighted by molar-refractivity contribution is 7.92. The van der Waals surface area contributed by atoms with E-state index in [-0.39, 0.29) is 22.1 Å². The van der Waals surface area contributed by atoms with Crippen LogP contribution in [0.1, 0.15) is 15.9 Å². The largest absolute Gasteiger partial charge is 0.348 e. The number of para-hydroxylation sites is 1. The molecule has 8 heteroatoms. The van der Waals surface area contributed by atoms with Crippen molar-refractivity contribution < 1.29 is 18.0 Å². The van der Waals surface area contributed by atoms with E-state index < -0.39 is 21.5 Å². The van der Waals surface area contributed by atoms with E-state index in [0.717, 1.165) is 5.56 Å². The summed E-state index contributed by atoms with van der Waals surface area (Å²) in [6.07, 6.45) is 0. The molecule has 0 aliphatic heterocycles. The fourth-order valence-electron chi connectivity index (χ4n) is 2.75. The zero-order chi connectivity index (χ0) is 21.6. The van der Waals surface area contributed by atoms with Crippen molar-refractivity contribution in [1.82, 2.24) is 5.32 Å². The monoisotopic (exact) mass is 442 g/mol. The van der Waals surface area contributed by atoms with Gasteiger partial charge in [0.1, 0.15) is 5.75 Å². The number of nitrogens with one attached hydrogen (secondary N) is 2. The van der Waals surface area contributed by atoms with Crippen molar-refractivity contribution in [2.45, 2.75) is 11.4 Å². The number of rotatable bonds is 7. The van der Waals surface area contributed by atoms with Gasteiger partial charge in [0.15, 0.2) is 9.84 Å². The molecular weight excluding hydrogens is 424 g/mol. The zero-order valence-electron chi connectivity index (χ0n) is 15.8. The van der Waals surface area contributed by atoms with Crippen molar-refractivity contribution in [3.8, 4) is 0 Å². The molecule has 30 heavy (non-hydrogen) atoms. The minimum Gasteiger partial charge on any atom is -0.348 e. The second-order valence-corrected chi connectivity index (χ2v) is 8.90. The summed E-state index contributed by atoms with van der Waals surface area (Å²) in [5.74, 6) is -1.88. The predicted octanol–water partition coefficient (Wildman–Crippen LogP) is 3.68.